The molecule has 8 heteroatoms. The summed E-state index contributed by atoms with van der Waals surface area (Å²) < 4.78 is 7.14. The molecule has 0 saturated heterocycles. The van der Waals surface area contributed by atoms with Gasteiger partial charge in [-0.3, -0.25) is 9.59 Å². The Morgan fingerprint density at radius 3 is 2.08 bits per heavy atom. The molecule has 182 valence electrons. The standard InChI is InChI=1S/C28H26N4O4/c1-18-9-11-21(12-10-18)26-25(17-32(31-26)24-7-5-4-6-8-24)28(35)36-19(2)27(34)30-23-15-13-22(14-16-23)29-20(3)33/h4-17,19H,1-3H3,(H,29,33)(H,30,34). The highest BCUT2D eigenvalue weighted by atomic mass is 16.5. The van der Waals surface area contributed by atoms with E-state index in [0.29, 0.717) is 17.1 Å². The van der Waals surface area contributed by atoms with Gasteiger partial charge in [0.05, 0.1) is 5.69 Å². The van der Waals surface area contributed by atoms with E-state index in [1.165, 1.54) is 13.8 Å². The van der Waals surface area contributed by atoms with E-state index in [2.05, 4.69) is 15.7 Å². The number of hydrogen-bond donors (Lipinski definition) is 2. The van der Waals surface area contributed by atoms with E-state index in [1.807, 2.05) is 61.5 Å². The molecule has 4 rings (SSSR count). The third-order valence-corrected chi connectivity index (χ3v) is 5.41. The van der Waals surface area contributed by atoms with Crippen molar-refractivity contribution >= 4 is 29.2 Å². The molecule has 0 spiro atoms. The van der Waals surface area contributed by atoms with Gasteiger partial charge in [0.15, 0.2) is 6.10 Å². The van der Waals surface area contributed by atoms with E-state index in [-0.39, 0.29) is 11.5 Å². The molecule has 0 bridgehead atoms. The Kier molecular flexibility index (Phi) is 7.25. The van der Waals surface area contributed by atoms with E-state index >= 15 is 0 Å². The number of carbonyl (C=O) groups excluding carboxylic acids is 3. The average Bonchev–Trinajstić information content (AvgIpc) is 3.31. The average molecular weight is 483 g/mol. The Morgan fingerprint density at radius 1 is 0.861 bits per heavy atom. The molecular weight excluding hydrogens is 456 g/mol. The Bertz CT molecular complexity index is 1380. The number of para-hydroxylation sites is 1. The van der Waals surface area contributed by atoms with Crippen LogP contribution in [-0.4, -0.2) is 33.7 Å². The normalized spacial score (nSPS) is 11.4. The van der Waals surface area contributed by atoms with E-state index in [4.69, 9.17) is 4.74 Å². The highest BCUT2D eigenvalue weighted by Crippen LogP contribution is 2.25. The summed E-state index contributed by atoms with van der Waals surface area (Å²) in [7, 11) is 0. The molecule has 0 radical (unpaired) electrons. The lowest BCUT2D eigenvalue weighted by Gasteiger charge is -2.14. The number of rotatable bonds is 7. The van der Waals surface area contributed by atoms with Crippen LogP contribution in [0.1, 0.15) is 29.8 Å². The fraction of sp³-hybridized carbons (Fsp3) is 0.143. The smallest absolute Gasteiger partial charge is 0.342 e. The number of carbonyl (C=O) groups is 3. The molecule has 4 aromatic rings. The molecule has 0 saturated carbocycles. The van der Waals surface area contributed by atoms with Crippen LogP contribution >= 0.6 is 0 Å². The molecule has 2 N–H and O–H groups in total. The molecule has 0 fully saturated rings. The summed E-state index contributed by atoms with van der Waals surface area (Å²) in [6, 6.07) is 23.7. The van der Waals surface area contributed by atoms with Crippen molar-refractivity contribution in [1.29, 1.82) is 0 Å². The van der Waals surface area contributed by atoms with Gasteiger partial charge in [-0.25, -0.2) is 9.48 Å². The molecule has 1 aromatic heterocycles. The van der Waals surface area contributed by atoms with Crippen molar-refractivity contribution in [3.8, 4) is 16.9 Å². The van der Waals surface area contributed by atoms with Gasteiger partial charge in [-0.15, -0.1) is 0 Å². The molecule has 0 aliphatic rings. The van der Waals surface area contributed by atoms with Gasteiger partial charge in [-0.1, -0.05) is 48.0 Å². The van der Waals surface area contributed by atoms with Gasteiger partial charge in [-0.2, -0.15) is 5.10 Å². The Morgan fingerprint density at radius 2 is 1.47 bits per heavy atom. The van der Waals surface area contributed by atoms with Crippen molar-refractivity contribution in [2.24, 2.45) is 0 Å². The van der Waals surface area contributed by atoms with E-state index in [1.54, 1.807) is 35.1 Å². The molecule has 2 amide bonds. The van der Waals surface area contributed by atoms with Gasteiger partial charge in [0, 0.05) is 30.1 Å². The van der Waals surface area contributed by atoms with Crippen LogP contribution in [0.15, 0.2) is 85.1 Å². The number of hydrogen-bond acceptors (Lipinski definition) is 5. The first-order chi connectivity index (χ1) is 17.3. The molecule has 0 aliphatic heterocycles. The van der Waals surface area contributed by atoms with Crippen LogP contribution < -0.4 is 10.6 Å². The van der Waals surface area contributed by atoms with Crippen molar-refractivity contribution in [3.63, 3.8) is 0 Å². The van der Waals surface area contributed by atoms with Crippen LogP contribution in [0.2, 0.25) is 0 Å². The number of aryl methyl sites for hydroxylation is 1. The quantitative estimate of drug-likeness (QED) is 0.361. The molecule has 36 heavy (non-hydrogen) atoms. The fourth-order valence-corrected chi connectivity index (χ4v) is 3.52. The number of nitrogens with one attached hydrogen (secondary N) is 2. The summed E-state index contributed by atoms with van der Waals surface area (Å²) in [5.74, 6) is -1.33. The summed E-state index contributed by atoms with van der Waals surface area (Å²) in [6.45, 7) is 4.90. The molecule has 1 unspecified atom stereocenters. The first-order valence-corrected chi connectivity index (χ1v) is 11.4. The van der Waals surface area contributed by atoms with Crippen molar-refractivity contribution in [1.82, 2.24) is 9.78 Å². The van der Waals surface area contributed by atoms with E-state index in [0.717, 1.165) is 16.8 Å². The van der Waals surface area contributed by atoms with Gasteiger partial charge < -0.3 is 15.4 Å². The minimum Gasteiger partial charge on any atom is -0.449 e. The number of anilines is 2. The maximum Gasteiger partial charge on any atom is 0.342 e. The maximum absolute atomic E-state index is 13.2. The number of esters is 1. The van der Waals surface area contributed by atoms with Gasteiger partial charge in [-0.05, 0) is 50.2 Å². The lowest BCUT2D eigenvalue weighted by Crippen LogP contribution is -2.30. The molecule has 1 heterocycles. The maximum atomic E-state index is 13.2. The van der Waals surface area contributed by atoms with Gasteiger partial charge in [0.25, 0.3) is 5.91 Å². The van der Waals surface area contributed by atoms with Crippen molar-refractivity contribution in [2.45, 2.75) is 26.9 Å². The minimum absolute atomic E-state index is 0.187. The number of ether oxygens (including phenoxy) is 1. The van der Waals surface area contributed by atoms with Gasteiger partial charge in [0.2, 0.25) is 5.91 Å². The number of amides is 2. The third-order valence-electron chi connectivity index (χ3n) is 5.41. The molecular formula is C28H26N4O4. The number of benzene rings is 3. The van der Waals surface area contributed by atoms with Gasteiger partial charge in [0.1, 0.15) is 11.3 Å². The number of nitrogens with zero attached hydrogens (tertiary/aromatic N) is 2. The first-order valence-electron chi connectivity index (χ1n) is 11.4. The zero-order valence-electron chi connectivity index (χ0n) is 20.2. The summed E-state index contributed by atoms with van der Waals surface area (Å²) in [4.78, 5) is 37.0. The van der Waals surface area contributed by atoms with Crippen LogP contribution in [-0.2, 0) is 14.3 Å². The predicted molar refractivity (Wildman–Crippen MR) is 138 cm³/mol. The zero-order valence-corrected chi connectivity index (χ0v) is 20.2. The second kappa shape index (κ2) is 10.7. The SMILES string of the molecule is CC(=O)Nc1ccc(NC(=O)C(C)OC(=O)c2cn(-c3ccccc3)nc2-c2ccc(C)cc2)cc1. The van der Waals surface area contributed by atoms with E-state index < -0.39 is 18.0 Å². The van der Waals surface area contributed by atoms with Gasteiger partial charge >= 0.3 is 5.97 Å². The molecule has 8 nitrogen and oxygen atoms in total. The fourth-order valence-electron chi connectivity index (χ4n) is 3.52. The second-order valence-corrected chi connectivity index (χ2v) is 8.33. The molecule has 1 atom stereocenters. The Hall–Kier alpha value is -4.72. The monoisotopic (exact) mass is 482 g/mol. The zero-order chi connectivity index (χ0) is 25.7. The van der Waals surface area contributed by atoms with Crippen molar-refractivity contribution < 1.29 is 19.1 Å². The lowest BCUT2D eigenvalue weighted by molar-refractivity contribution is -0.123. The summed E-state index contributed by atoms with van der Waals surface area (Å²) in [5, 5.41) is 10.0. The molecule has 3 aromatic carbocycles. The first kappa shape index (κ1) is 24.4. The molecule has 0 aliphatic carbocycles. The highest BCUT2D eigenvalue weighted by molar-refractivity contribution is 6.00. The van der Waals surface area contributed by atoms with Crippen molar-refractivity contribution in [2.75, 3.05) is 10.6 Å². The van der Waals surface area contributed by atoms with Crippen LogP contribution in [0, 0.1) is 6.92 Å². The van der Waals surface area contributed by atoms with Crippen molar-refractivity contribution in [3.05, 3.63) is 96.2 Å². The van der Waals surface area contributed by atoms with Crippen LogP contribution in [0.5, 0.6) is 0 Å². The summed E-state index contributed by atoms with van der Waals surface area (Å²) >= 11 is 0. The lowest BCUT2D eigenvalue weighted by atomic mass is 10.1. The van der Waals surface area contributed by atoms with Crippen LogP contribution in [0.4, 0.5) is 11.4 Å². The van der Waals surface area contributed by atoms with Crippen LogP contribution in [0.25, 0.3) is 16.9 Å². The largest absolute Gasteiger partial charge is 0.449 e. The highest BCUT2D eigenvalue weighted by Gasteiger charge is 2.24. The number of aromatic nitrogens is 2. The Labute approximate surface area is 208 Å². The summed E-state index contributed by atoms with van der Waals surface area (Å²) in [6.07, 6.45) is 0.552. The Balaban J connectivity index is 1.52. The second-order valence-electron chi connectivity index (χ2n) is 8.33. The minimum atomic E-state index is -1.06. The topological polar surface area (TPSA) is 102 Å². The van der Waals surface area contributed by atoms with Crippen LogP contribution in [0.3, 0.4) is 0 Å². The predicted octanol–water partition coefficient (Wildman–Crippen LogP) is 4.99. The summed E-state index contributed by atoms with van der Waals surface area (Å²) in [5.41, 5.74) is 4.47. The third kappa shape index (κ3) is 5.85. The van der Waals surface area contributed by atoms with E-state index in [9.17, 15) is 14.4 Å².